The van der Waals surface area contributed by atoms with E-state index in [1.54, 1.807) is 11.8 Å². The van der Waals surface area contributed by atoms with E-state index in [1.807, 2.05) is 0 Å². The summed E-state index contributed by atoms with van der Waals surface area (Å²) in [4.78, 5) is 11.8. The lowest BCUT2D eigenvalue weighted by Crippen LogP contribution is -2.41. The smallest absolute Gasteiger partial charge is 0.404 e. The van der Waals surface area contributed by atoms with Crippen molar-refractivity contribution in [1.82, 2.24) is 10.2 Å². The normalized spacial score (nSPS) is 23.4. The second kappa shape index (κ2) is 4.08. The fraction of sp³-hybridized carbons (Fsp3) is 0.875. The second-order valence-corrected chi connectivity index (χ2v) is 3.69. The number of halogens is 2. The molecule has 1 amide bonds. The molecule has 1 aliphatic heterocycles. The maximum atomic E-state index is 12.7. The zero-order valence-electron chi connectivity index (χ0n) is 7.96. The van der Waals surface area contributed by atoms with Crippen LogP contribution in [0.4, 0.5) is 13.6 Å². The van der Waals surface area contributed by atoms with E-state index in [4.69, 9.17) is 5.11 Å². The van der Waals surface area contributed by atoms with Gasteiger partial charge in [0.1, 0.15) is 0 Å². The molecule has 1 unspecified atom stereocenters. The van der Waals surface area contributed by atoms with E-state index >= 15 is 0 Å². The van der Waals surface area contributed by atoms with Crippen molar-refractivity contribution in [3.05, 3.63) is 0 Å². The van der Waals surface area contributed by atoms with Gasteiger partial charge in [-0.1, -0.05) is 0 Å². The molecule has 2 N–H and O–H groups in total. The molecule has 0 saturated carbocycles. The van der Waals surface area contributed by atoms with Gasteiger partial charge in [-0.3, -0.25) is 4.90 Å². The van der Waals surface area contributed by atoms with Crippen LogP contribution in [-0.4, -0.2) is 47.7 Å². The topological polar surface area (TPSA) is 52.6 Å². The van der Waals surface area contributed by atoms with Gasteiger partial charge in [0.15, 0.2) is 0 Å². The number of carbonyl (C=O) groups is 1. The highest BCUT2D eigenvalue weighted by atomic mass is 19.3. The molecule has 1 rings (SSSR count). The Labute approximate surface area is 80.9 Å². The van der Waals surface area contributed by atoms with Crippen molar-refractivity contribution in [2.45, 2.75) is 25.3 Å². The van der Waals surface area contributed by atoms with Crippen LogP contribution in [0, 0.1) is 0 Å². The number of alkyl halides is 2. The van der Waals surface area contributed by atoms with Gasteiger partial charge in [-0.05, 0) is 6.92 Å². The third kappa shape index (κ3) is 3.45. The molecular weight excluding hydrogens is 194 g/mol. The second-order valence-electron chi connectivity index (χ2n) is 3.69. The van der Waals surface area contributed by atoms with Crippen molar-refractivity contribution in [2.75, 3.05) is 19.6 Å². The molecule has 6 heteroatoms. The molecule has 0 aliphatic carbocycles. The molecule has 0 radical (unpaired) electrons. The van der Waals surface area contributed by atoms with Gasteiger partial charge in [0, 0.05) is 25.6 Å². The molecule has 82 valence electrons. The summed E-state index contributed by atoms with van der Waals surface area (Å²) in [6.45, 7) is 2.06. The fourth-order valence-electron chi connectivity index (χ4n) is 1.61. The quantitative estimate of drug-likeness (QED) is 0.727. The zero-order valence-corrected chi connectivity index (χ0v) is 7.96. The summed E-state index contributed by atoms with van der Waals surface area (Å²) in [5, 5.41) is 10.6. The third-order valence-corrected chi connectivity index (χ3v) is 2.15. The molecule has 1 atom stereocenters. The Morgan fingerprint density at radius 1 is 1.71 bits per heavy atom. The summed E-state index contributed by atoms with van der Waals surface area (Å²) in [5.74, 6) is -2.61. The molecule has 0 aromatic carbocycles. The fourth-order valence-corrected chi connectivity index (χ4v) is 1.61. The summed E-state index contributed by atoms with van der Waals surface area (Å²) in [7, 11) is 0. The molecule has 1 aliphatic rings. The van der Waals surface area contributed by atoms with E-state index in [0.717, 1.165) is 0 Å². The van der Waals surface area contributed by atoms with Crippen molar-refractivity contribution in [3.8, 4) is 0 Å². The van der Waals surface area contributed by atoms with Crippen molar-refractivity contribution in [1.29, 1.82) is 0 Å². The summed E-state index contributed by atoms with van der Waals surface area (Å²) < 4.78 is 25.5. The summed E-state index contributed by atoms with van der Waals surface area (Å²) in [5.41, 5.74) is 0. The van der Waals surface area contributed by atoms with Crippen LogP contribution in [0.2, 0.25) is 0 Å². The van der Waals surface area contributed by atoms with Gasteiger partial charge in [-0.15, -0.1) is 0 Å². The first-order valence-corrected chi connectivity index (χ1v) is 4.49. The first-order chi connectivity index (χ1) is 6.39. The summed E-state index contributed by atoms with van der Waals surface area (Å²) >= 11 is 0. The predicted octanol–water partition coefficient (Wildman–Crippen LogP) is 0.984. The SMILES string of the molecule is CC(CN1CCC(F)(F)C1)NC(=O)O. The minimum absolute atomic E-state index is 0.132. The van der Waals surface area contributed by atoms with Crippen molar-refractivity contribution in [3.63, 3.8) is 0 Å². The van der Waals surface area contributed by atoms with Crippen LogP contribution < -0.4 is 5.32 Å². The number of amides is 1. The molecule has 1 fully saturated rings. The van der Waals surface area contributed by atoms with Crippen LogP contribution in [0.5, 0.6) is 0 Å². The predicted molar refractivity (Wildman–Crippen MR) is 46.6 cm³/mol. The Hall–Kier alpha value is -0.910. The monoisotopic (exact) mass is 208 g/mol. The Balaban J connectivity index is 2.29. The number of rotatable bonds is 3. The number of nitrogens with zero attached hydrogens (tertiary/aromatic N) is 1. The first-order valence-electron chi connectivity index (χ1n) is 4.49. The molecule has 1 saturated heterocycles. The average molecular weight is 208 g/mol. The van der Waals surface area contributed by atoms with Crippen molar-refractivity contribution >= 4 is 6.09 Å². The largest absolute Gasteiger partial charge is 0.465 e. The maximum absolute atomic E-state index is 12.7. The highest BCUT2D eigenvalue weighted by Gasteiger charge is 2.38. The molecule has 4 nitrogen and oxygen atoms in total. The molecule has 0 aromatic rings. The first kappa shape index (κ1) is 11.2. The standard InChI is InChI=1S/C8H14F2N2O2/c1-6(11-7(13)14)4-12-3-2-8(9,10)5-12/h6,11H,2-5H2,1H3,(H,13,14). The average Bonchev–Trinajstić information content (AvgIpc) is 2.27. The minimum atomic E-state index is -2.61. The number of nitrogens with one attached hydrogen (secondary N) is 1. The van der Waals surface area contributed by atoms with Crippen molar-refractivity contribution in [2.24, 2.45) is 0 Å². The van der Waals surface area contributed by atoms with E-state index in [-0.39, 0.29) is 19.0 Å². The van der Waals surface area contributed by atoms with E-state index < -0.39 is 12.0 Å². The molecule has 0 aromatic heterocycles. The molecule has 0 spiro atoms. The minimum Gasteiger partial charge on any atom is -0.465 e. The van der Waals surface area contributed by atoms with Gasteiger partial charge in [0.05, 0.1) is 6.54 Å². The number of hydrogen-bond donors (Lipinski definition) is 2. The summed E-state index contributed by atoms with van der Waals surface area (Å²) in [6, 6.07) is -0.318. The highest BCUT2D eigenvalue weighted by Crippen LogP contribution is 2.26. The maximum Gasteiger partial charge on any atom is 0.404 e. The lowest BCUT2D eigenvalue weighted by atomic mass is 10.3. The van der Waals surface area contributed by atoms with Crippen LogP contribution in [0.3, 0.4) is 0 Å². The van der Waals surface area contributed by atoms with Crippen LogP contribution in [0.25, 0.3) is 0 Å². The van der Waals surface area contributed by atoms with Gasteiger partial charge < -0.3 is 10.4 Å². The Bertz CT molecular complexity index is 223. The Morgan fingerprint density at radius 3 is 2.79 bits per heavy atom. The Morgan fingerprint density at radius 2 is 2.36 bits per heavy atom. The van der Waals surface area contributed by atoms with Crippen molar-refractivity contribution < 1.29 is 18.7 Å². The Kier molecular flexibility index (Phi) is 3.25. The lowest BCUT2D eigenvalue weighted by molar-refractivity contribution is 0.0117. The zero-order chi connectivity index (χ0) is 10.8. The number of likely N-dealkylation sites (tertiary alicyclic amines) is 1. The van der Waals surface area contributed by atoms with E-state index in [0.29, 0.717) is 13.1 Å². The third-order valence-electron chi connectivity index (χ3n) is 2.15. The van der Waals surface area contributed by atoms with Gasteiger partial charge in [0.25, 0.3) is 5.92 Å². The molecule has 14 heavy (non-hydrogen) atoms. The van der Waals surface area contributed by atoms with Gasteiger partial charge in [0.2, 0.25) is 0 Å². The van der Waals surface area contributed by atoms with E-state index in [1.165, 1.54) is 0 Å². The van der Waals surface area contributed by atoms with Gasteiger partial charge in [-0.25, -0.2) is 13.6 Å². The molecular formula is C8H14F2N2O2. The van der Waals surface area contributed by atoms with E-state index in [2.05, 4.69) is 5.32 Å². The van der Waals surface area contributed by atoms with E-state index in [9.17, 15) is 13.6 Å². The van der Waals surface area contributed by atoms with Crippen LogP contribution >= 0.6 is 0 Å². The van der Waals surface area contributed by atoms with Gasteiger partial charge in [-0.2, -0.15) is 0 Å². The lowest BCUT2D eigenvalue weighted by Gasteiger charge is -2.20. The molecule has 0 bridgehead atoms. The van der Waals surface area contributed by atoms with Crippen LogP contribution in [0.15, 0.2) is 0 Å². The summed E-state index contributed by atoms with van der Waals surface area (Å²) in [6.07, 6.45) is -1.25. The number of carboxylic acid groups (broad SMARTS) is 1. The van der Waals surface area contributed by atoms with Gasteiger partial charge >= 0.3 is 6.09 Å². The van der Waals surface area contributed by atoms with Crippen LogP contribution in [0.1, 0.15) is 13.3 Å². The highest BCUT2D eigenvalue weighted by molar-refractivity contribution is 5.64. The van der Waals surface area contributed by atoms with Crippen LogP contribution in [-0.2, 0) is 0 Å². The number of hydrogen-bond acceptors (Lipinski definition) is 2. The molecule has 1 heterocycles.